The molecule has 0 nitrogen and oxygen atoms in total. The predicted octanol–water partition coefficient (Wildman–Crippen LogP) is 4.26. The summed E-state index contributed by atoms with van der Waals surface area (Å²) in [7, 11) is 0. The maximum Gasteiger partial charge on any atom is -0.0172 e. The summed E-state index contributed by atoms with van der Waals surface area (Å²) in [5, 5.41) is 0. The first-order valence-corrected chi connectivity index (χ1v) is 4.82. The van der Waals surface area contributed by atoms with E-state index in [1.54, 1.807) is 0 Å². The summed E-state index contributed by atoms with van der Waals surface area (Å²) in [6.07, 6.45) is 16.6. The molecule has 0 heteroatoms. The Morgan fingerprint density at radius 2 is 1.50 bits per heavy atom. The van der Waals surface area contributed by atoms with E-state index in [0.717, 1.165) is 12.8 Å². The predicted molar refractivity (Wildman–Crippen MR) is 57.2 cm³/mol. The molecule has 0 aliphatic heterocycles. The van der Waals surface area contributed by atoms with E-state index in [1.165, 1.54) is 19.3 Å². The average molecular weight is 164 g/mol. The molecule has 0 spiro atoms. The highest BCUT2D eigenvalue weighted by Crippen LogP contribution is 1.96. The lowest BCUT2D eigenvalue weighted by molar-refractivity contribution is 0.943. The molecule has 0 atom stereocenters. The van der Waals surface area contributed by atoms with Gasteiger partial charge >= 0.3 is 0 Å². The van der Waals surface area contributed by atoms with Gasteiger partial charge in [-0.05, 0) is 25.7 Å². The normalized spacial score (nSPS) is 11.4. The SMILES string of the molecule is C=CCC=CCCC=CCCC. The highest BCUT2D eigenvalue weighted by atomic mass is 13.8. The molecule has 0 N–H and O–H groups in total. The molecule has 68 valence electrons. The molecule has 0 heterocycles. The van der Waals surface area contributed by atoms with Crippen LogP contribution in [-0.4, -0.2) is 0 Å². The van der Waals surface area contributed by atoms with Crippen LogP contribution in [0, 0.1) is 0 Å². The molecule has 0 aromatic rings. The van der Waals surface area contributed by atoms with Gasteiger partial charge in [-0.1, -0.05) is 43.7 Å². The maximum absolute atomic E-state index is 3.65. The van der Waals surface area contributed by atoms with Crippen molar-refractivity contribution in [1.82, 2.24) is 0 Å². The first-order chi connectivity index (χ1) is 5.91. The van der Waals surface area contributed by atoms with Crippen molar-refractivity contribution in [3.8, 4) is 0 Å². The van der Waals surface area contributed by atoms with Gasteiger partial charge < -0.3 is 0 Å². The van der Waals surface area contributed by atoms with Gasteiger partial charge in [-0.3, -0.25) is 0 Å². The van der Waals surface area contributed by atoms with Crippen LogP contribution < -0.4 is 0 Å². The Balaban J connectivity index is 3.14. The fourth-order valence-electron chi connectivity index (χ4n) is 0.905. The molecule has 0 radical (unpaired) electrons. The summed E-state index contributed by atoms with van der Waals surface area (Å²) in [6, 6.07) is 0. The molecule has 0 rings (SSSR count). The average Bonchev–Trinajstić information content (AvgIpc) is 2.10. The Morgan fingerprint density at radius 1 is 0.917 bits per heavy atom. The fourth-order valence-corrected chi connectivity index (χ4v) is 0.905. The van der Waals surface area contributed by atoms with E-state index in [4.69, 9.17) is 0 Å². The van der Waals surface area contributed by atoms with Gasteiger partial charge in [0.25, 0.3) is 0 Å². The maximum atomic E-state index is 3.65. The monoisotopic (exact) mass is 164 g/mol. The van der Waals surface area contributed by atoms with E-state index in [9.17, 15) is 0 Å². The zero-order valence-electron chi connectivity index (χ0n) is 8.13. The number of allylic oxidation sites excluding steroid dienone is 5. The second-order valence-electron chi connectivity index (χ2n) is 2.83. The first kappa shape index (κ1) is 11.2. The molecule has 12 heavy (non-hydrogen) atoms. The summed E-state index contributed by atoms with van der Waals surface area (Å²) in [4.78, 5) is 0. The molecule has 0 aliphatic carbocycles. The van der Waals surface area contributed by atoms with Crippen LogP contribution >= 0.6 is 0 Å². The van der Waals surface area contributed by atoms with Crippen molar-refractivity contribution < 1.29 is 0 Å². The van der Waals surface area contributed by atoms with Crippen LogP contribution in [0.5, 0.6) is 0 Å². The molecule has 0 bridgehead atoms. The van der Waals surface area contributed by atoms with Gasteiger partial charge in [-0.2, -0.15) is 0 Å². The van der Waals surface area contributed by atoms with Crippen LogP contribution in [0.25, 0.3) is 0 Å². The Kier molecular flexibility index (Phi) is 9.56. The standard InChI is InChI=1S/C12H20/c1-3-5-7-9-11-12-10-8-6-4-2/h3,7-10H,1,4-6,11-12H2,2H3. The van der Waals surface area contributed by atoms with Crippen LogP contribution in [0.2, 0.25) is 0 Å². The van der Waals surface area contributed by atoms with Crippen LogP contribution in [0.15, 0.2) is 37.0 Å². The van der Waals surface area contributed by atoms with Gasteiger partial charge in [-0.15, -0.1) is 6.58 Å². The summed E-state index contributed by atoms with van der Waals surface area (Å²) >= 11 is 0. The molecule has 0 aliphatic rings. The fraction of sp³-hybridized carbons (Fsp3) is 0.500. The van der Waals surface area contributed by atoms with Crippen molar-refractivity contribution >= 4 is 0 Å². The number of hydrogen-bond acceptors (Lipinski definition) is 0. The molecule has 0 saturated carbocycles. The highest BCUT2D eigenvalue weighted by Gasteiger charge is 1.76. The van der Waals surface area contributed by atoms with Crippen molar-refractivity contribution in [2.75, 3.05) is 0 Å². The third-order valence-corrected chi connectivity index (χ3v) is 1.59. The van der Waals surface area contributed by atoms with Gasteiger partial charge in [0.2, 0.25) is 0 Å². The number of rotatable bonds is 7. The molecular formula is C12H20. The van der Waals surface area contributed by atoms with E-state index in [0.29, 0.717) is 0 Å². The van der Waals surface area contributed by atoms with Crippen molar-refractivity contribution in [3.63, 3.8) is 0 Å². The minimum Gasteiger partial charge on any atom is -0.103 e. The quantitative estimate of drug-likeness (QED) is 0.389. The van der Waals surface area contributed by atoms with Crippen LogP contribution in [0.4, 0.5) is 0 Å². The second-order valence-corrected chi connectivity index (χ2v) is 2.83. The van der Waals surface area contributed by atoms with Gasteiger partial charge in [0.15, 0.2) is 0 Å². The summed E-state index contributed by atoms with van der Waals surface area (Å²) in [5.74, 6) is 0. The Hall–Kier alpha value is -0.780. The lowest BCUT2D eigenvalue weighted by Gasteiger charge is -1.86. The van der Waals surface area contributed by atoms with E-state index in [2.05, 4.69) is 37.8 Å². The second kappa shape index (κ2) is 10.2. The lowest BCUT2D eigenvalue weighted by atomic mass is 10.2. The zero-order valence-corrected chi connectivity index (χ0v) is 8.13. The summed E-state index contributed by atoms with van der Waals surface area (Å²) in [5.41, 5.74) is 0. The highest BCUT2D eigenvalue weighted by molar-refractivity contribution is 4.91. The van der Waals surface area contributed by atoms with E-state index >= 15 is 0 Å². The largest absolute Gasteiger partial charge is 0.103 e. The third-order valence-electron chi connectivity index (χ3n) is 1.59. The van der Waals surface area contributed by atoms with Gasteiger partial charge in [0, 0.05) is 0 Å². The first-order valence-electron chi connectivity index (χ1n) is 4.82. The molecule has 0 unspecified atom stereocenters. The number of unbranched alkanes of at least 4 members (excludes halogenated alkanes) is 2. The minimum absolute atomic E-state index is 0.999. The molecule has 0 fully saturated rings. The van der Waals surface area contributed by atoms with Crippen LogP contribution in [0.1, 0.15) is 39.0 Å². The molecular weight excluding hydrogens is 144 g/mol. The molecule has 0 aromatic carbocycles. The van der Waals surface area contributed by atoms with Crippen LogP contribution in [-0.2, 0) is 0 Å². The van der Waals surface area contributed by atoms with E-state index < -0.39 is 0 Å². The summed E-state index contributed by atoms with van der Waals surface area (Å²) < 4.78 is 0. The zero-order chi connectivity index (χ0) is 9.07. The van der Waals surface area contributed by atoms with E-state index in [1.807, 2.05) is 6.08 Å². The Bertz CT molecular complexity index is 140. The van der Waals surface area contributed by atoms with Crippen molar-refractivity contribution in [1.29, 1.82) is 0 Å². The Morgan fingerprint density at radius 3 is 2.08 bits per heavy atom. The topological polar surface area (TPSA) is 0 Å². The minimum atomic E-state index is 0.999. The van der Waals surface area contributed by atoms with Crippen molar-refractivity contribution in [2.24, 2.45) is 0 Å². The summed E-state index contributed by atoms with van der Waals surface area (Å²) in [6.45, 7) is 5.86. The molecule has 0 aromatic heterocycles. The van der Waals surface area contributed by atoms with Crippen molar-refractivity contribution in [3.05, 3.63) is 37.0 Å². The van der Waals surface area contributed by atoms with Gasteiger partial charge in [0.05, 0.1) is 0 Å². The smallest absolute Gasteiger partial charge is 0.0172 e. The molecule has 0 saturated heterocycles. The molecule has 0 amide bonds. The third kappa shape index (κ3) is 9.22. The van der Waals surface area contributed by atoms with Crippen molar-refractivity contribution in [2.45, 2.75) is 39.0 Å². The van der Waals surface area contributed by atoms with Crippen LogP contribution in [0.3, 0.4) is 0 Å². The van der Waals surface area contributed by atoms with E-state index in [-0.39, 0.29) is 0 Å². The lowest BCUT2D eigenvalue weighted by Crippen LogP contribution is -1.66. The Labute approximate surface area is 76.7 Å². The van der Waals surface area contributed by atoms with Gasteiger partial charge in [0.1, 0.15) is 0 Å². The van der Waals surface area contributed by atoms with Gasteiger partial charge in [-0.25, -0.2) is 0 Å². The number of hydrogen-bond donors (Lipinski definition) is 0.